The van der Waals surface area contributed by atoms with Crippen LogP contribution in [0.3, 0.4) is 0 Å². The van der Waals surface area contributed by atoms with Gasteiger partial charge in [-0.3, -0.25) is 9.59 Å². The van der Waals surface area contributed by atoms with Crippen molar-refractivity contribution < 1.29 is 18.0 Å². The lowest BCUT2D eigenvalue weighted by molar-refractivity contribution is -0.144. The van der Waals surface area contributed by atoms with Crippen molar-refractivity contribution in [1.29, 1.82) is 0 Å². The Labute approximate surface area is 222 Å². The highest BCUT2D eigenvalue weighted by atomic mass is 35.5. The lowest BCUT2D eigenvalue weighted by Gasteiger charge is -2.36. The largest absolute Gasteiger partial charge is 0.354 e. The second-order valence-corrected chi connectivity index (χ2v) is 12.1. The van der Waals surface area contributed by atoms with Gasteiger partial charge in [-0.2, -0.15) is 4.72 Å². The molecule has 2 aliphatic rings. The average Bonchev–Trinajstić information content (AvgIpc) is 3.52. The summed E-state index contributed by atoms with van der Waals surface area (Å²) in [5, 5.41) is 2.14. The number of nitrogens with one attached hydrogen (secondary N) is 1. The predicted molar refractivity (Wildman–Crippen MR) is 143 cm³/mol. The number of hydrogen-bond donors (Lipinski definition) is 1. The highest BCUT2D eigenvalue weighted by Gasteiger charge is 2.40. The molecule has 1 unspecified atom stereocenters. The second-order valence-electron chi connectivity index (χ2n) is 10.00. The molecule has 0 bridgehead atoms. The molecule has 0 saturated carbocycles. The van der Waals surface area contributed by atoms with E-state index in [4.69, 9.17) is 11.6 Å². The van der Waals surface area contributed by atoms with Crippen molar-refractivity contribution in [3.63, 3.8) is 0 Å². The Kier molecular flexibility index (Phi) is 7.29. The molecule has 0 aliphatic carbocycles. The minimum absolute atomic E-state index is 0.0812. The molecule has 2 aromatic carbocycles. The van der Waals surface area contributed by atoms with Crippen molar-refractivity contribution in [2.75, 3.05) is 19.6 Å². The number of likely N-dealkylation sites (tertiary alicyclic amines) is 2. The van der Waals surface area contributed by atoms with Gasteiger partial charge in [-0.25, -0.2) is 8.42 Å². The van der Waals surface area contributed by atoms with Crippen LogP contribution in [0.1, 0.15) is 26.2 Å². The van der Waals surface area contributed by atoms with E-state index in [1.807, 2.05) is 29.4 Å². The topological polar surface area (TPSA) is 91.7 Å². The Hall–Kier alpha value is -2.88. The summed E-state index contributed by atoms with van der Waals surface area (Å²) >= 11 is 6.02. The number of benzene rings is 2. The van der Waals surface area contributed by atoms with Gasteiger partial charge in [-0.1, -0.05) is 23.7 Å². The molecule has 2 fully saturated rings. The number of carbonyl (C=O) groups is 2. The van der Waals surface area contributed by atoms with Crippen LogP contribution in [0.2, 0.25) is 5.02 Å². The summed E-state index contributed by atoms with van der Waals surface area (Å²) < 4.78 is 30.9. The number of aromatic nitrogens is 1. The predicted octanol–water partition coefficient (Wildman–Crippen LogP) is 3.50. The van der Waals surface area contributed by atoms with E-state index in [0.29, 0.717) is 37.0 Å². The van der Waals surface area contributed by atoms with Crippen molar-refractivity contribution in [3.8, 4) is 0 Å². The normalized spacial score (nSPS) is 21.5. The lowest BCUT2D eigenvalue weighted by atomic mass is 9.97. The van der Waals surface area contributed by atoms with Gasteiger partial charge in [0, 0.05) is 43.6 Å². The standard InChI is InChI=1S/C27H31ClN4O4S/c1-19(26(33)31-13-4-5-20(18-31)17-30-11-2-3-12-30)32-14-10-25(27(32)34)29-37(35,36)24-9-7-21-15-23(28)8-6-22(21)16-24/h2-3,6-9,11-12,15-16,19-20,25,29H,4-5,10,13-14,17-18H2,1H3/t19-,20+,25?/m0/s1. The zero-order chi connectivity index (χ0) is 26.2. The van der Waals surface area contributed by atoms with E-state index < -0.39 is 22.1 Å². The van der Waals surface area contributed by atoms with Crippen LogP contribution in [0, 0.1) is 5.92 Å². The van der Waals surface area contributed by atoms with E-state index in [0.717, 1.165) is 30.2 Å². The number of sulfonamides is 1. The first-order valence-corrected chi connectivity index (χ1v) is 14.5. The number of nitrogens with zero attached hydrogens (tertiary/aromatic N) is 3. The van der Waals surface area contributed by atoms with E-state index in [1.54, 1.807) is 37.3 Å². The molecule has 3 atom stereocenters. The van der Waals surface area contributed by atoms with E-state index in [-0.39, 0.29) is 16.7 Å². The van der Waals surface area contributed by atoms with Crippen LogP contribution in [0.25, 0.3) is 10.8 Å². The minimum atomic E-state index is -3.93. The minimum Gasteiger partial charge on any atom is -0.354 e. The third-order valence-electron chi connectivity index (χ3n) is 7.41. The van der Waals surface area contributed by atoms with E-state index in [2.05, 4.69) is 9.29 Å². The van der Waals surface area contributed by atoms with Gasteiger partial charge < -0.3 is 14.4 Å². The van der Waals surface area contributed by atoms with Gasteiger partial charge in [0.2, 0.25) is 21.8 Å². The molecule has 0 spiro atoms. The second kappa shape index (κ2) is 10.5. The van der Waals surface area contributed by atoms with Crippen molar-refractivity contribution in [3.05, 3.63) is 65.9 Å². The molecule has 196 valence electrons. The summed E-state index contributed by atoms with van der Waals surface area (Å²) in [7, 11) is -3.93. The Morgan fingerprint density at radius 1 is 1.08 bits per heavy atom. The number of hydrogen-bond acceptors (Lipinski definition) is 4. The summed E-state index contributed by atoms with van der Waals surface area (Å²) in [6.45, 7) is 4.26. The number of fused-ring (bicyclic) bond motifs is 1. The van der Waals surface area contributed by atoms with Crippen LogP contribution in [-0.2, 0) is 26.2 Å². The van der Waals surface area contributed by atoms with Crippen molar-refractivity contribution in [1.82, 2.24) is 19.1 Å². The van der Waals surface area contributed by atoms with Gasteiger partial charge in [-0.05, 0) is 79.3 Å². The number of rotatable bonds is 7. The maximum absolute atomic E-state index is 13.3. The fourth-order valence-electron chi connectivity index (χ4n) is 5.41. The number of carbonyl (C=O) groups excluding carboxylic acids is 2. The number of piperidine rings is 1. The third-order valence-corrected chi connectivity index (χ3v) is 9.12. The van der Waals surface area contributed by atoms with Crippen LogP contribution in [0.4, 0.5) is 0 Å². The molecule has 8 nitrogen and oxygen atoms in total. The first kappa shape index (κ1) is 25.8. The Balaban J connectivity index is 1.22. The fourth-order valence-corrected chi connectivity index (χ4v) is 6.85. The van der Waals surface area contributed by atoms with Crippen LogP contribution in [0.15, 0.2) is 65.8 Å². The molecule has 2 amide bonds. The molecule has 2 aliphatic heterocycles. The SMILES string of the molecule is C[C@@H](C(=O)N1CCC[C@H](Cn2cccc2)C1)N1CCC(NS(=O)(=O)c2ccc3cc(Cl)ccc3c2)C1=O. The van der Waals surface area contributed by atoms with Gasteiger partial charge >= 0.3 is 0 Å². The van der Waals surface area contributed by atoms with E-state index >= 15 is 0 Å². The zero-order valence-electron chi connectivity index (χ0n) is 20.7. The highest BCUT2D eigenvalue weighted by Crippen LogP contribution is 2.25. The number of amides is 2. The molecule has 10 heteroatoms. The van der Waals surface area contributed by atoms with Gasteiger partial charge in [0.25, 0.3) is 0 Å². The number of halogens is 1. The van der Waals surface area contributed by atoms with Crippen molar-refractivity contribution >= 4 is 44.2 Å². The Morgan fingerprint density at radius 3 is 2.59 bits per heavy atom. The molecule has 37 heavy (non-hydrogen) atoms. The Morgan fingerprint density at radius 2 is 1.81 bits per heavy atom. The lowest BCUT2D eigenvalue weighted by Crippen LogP contribution is -2.52. The fraction of sp³-hybridized carbons (Fsp3) is 0.407. The van der Waals surface area contributed by atoms with Gasteiger partial charge in [0.1, 0.15) is 12.1 Å². The third kappa shape index (κ3) is 5.54. The maximum Gasteiger partial charge on any atom is 0.245 e. The van der Waals surface area contributed by atoms with Gasteiger partial charge in [0.05, 0.1) is 4.90 Å². The molecular weight excluding hydrogens is 512 g/mol. The van der Waals surface area contributed by atoms with E-state index in [9.17, 15) is 18.0 Å². The van der Waals surface area contributed by atoms with Crippen molar-refractivity contribution in [2.24, 2.45) is 5.92 Å². The molecule has 1 N–H and O–H groups in total. The zero-order valence-corrected chi connectivity index (χ0v) is 22.3. The van der Waals surface area contributed by atoms with Crippen LogP contribution < -0.4 is 4.72 Å². The maximum atomic E-state index is 13.3. The first-order chi connectivity index (χ1) is 17.7. The molecule has 1 aromatic heterocycles. The smallest absolute Gasteiger partial charge is 0.245 e. The summed E-state index contributed by atoms with van der Waals surface area (Å²) in [6, 6.07) is 12.4. The molecule has 0 radical (unpaired) electrons. The summed E-state index contributed by atoms with van der Waals surface area (Å²) in [5.74, 6) is -0.0794. The molecule has 5 rings (SSSR count). The van der Waals surface area contributed by atoms with Gasteiger partial charge in [0.15, 0.2) is 0 Å². The molecule has 3 aromatic rings. The highest BCUT2D eigenvalue weighted by molar-refractivity contribution is 7.89. The first-order valence-electron chi connectivity index (χ1n) is 12.6. The van der Waals surface area contributed by atoms with Gasteiger partial charge in [-0.15, -0.1) is 0 Å². The van der Waals surface area contributed by atoms with Crippen LogP contribution >= 0.6 is 11.6 Å². The summed E-state index contributed by atoms with van der Waals surface area (Å²) in [6.07, 6.45) is 6.36. The van der Waals surface area contributed by atoms with Crippen LogP contribution in [0.5, 0.6) is 0 Å². The Bertz CT molecular complexity index is 1410. The monoisotopic (exact) mass is 542 g/mol. The average molecular weight is 543 g/mol. The quantitative estimate of drug-likeness (QED) is 0.494. The molecule has 3 heterocycles. The molecule has 2 saturated heterocycles. The summed E-state index contributed by atoms with van der Waals surface area (Å²) in [4.78, 5) is 29.9. The van der Waals surface area contributed by atoms with Crippen molar-refractivity contribution in [2.45, 2.75) is 49.7 Å². The van der Waals surface area contributed by atoms with Crippen LogP contribution in [-0.4, -0.2) is 66.3 Å². The van der Waals surface area contributed by atoms with E-state index in [1.165, 1.54) is 11.0 Å². The molecular formula is C27H31ClN4O4S. The summed E-state index contributed by atoms with van der Waals surface area (Å²) in [5.41, 5.74) is 0.